The van der Waals surface area contributed by atoms with Crippen molar-refractivity contribution in [2.75, 3.05) is 71.5 Å². The number of aromatic nitrogens is 1. The monoisotopic (exact) mass is 619 g/mol. The van der Waals surface area contributed by atoms with Crippen molar-refractivity contribution < 1.29 is 4.79 Å². The van der Waals surface area contributed by atoms with Gasteiger partial charge in [-0.05, 0) is 77.7 Å². The van der Waals surface area contributed by atoms with Crippen LogP contribution in [0.2, 0.25) is 0 Å². The number of fused-ring (bicyclic) bond motifs is 3. The van der Waals surface area contributed by atoms with Gasteiger partial charge in [0.25, 0.3) is 0 Å². The molecule has 5 rings (SSSR count). The lowest BCUT2D eigenvalue weighted by molar-refractivity contribution is 0.241. The second-order valence-electron chi connectivity index (χ2n) is 11.6. The summed E-state index contributed by atoms with van der Waals surface area (Å²) in [6.45, 7) is 6.26. The number of urea groups is 1. The van der Waals surface area contributed by atoms with E-state index in [1.54, 1.807) is 29.3 Å². The van der Waals surface area contributed by atoms with Gasteiger partial charge in [0, 0.05) is 53.6 Å². The van der Waals surface area contributed by atoms with Gasteiger partial charge in [-0.25, -0.2) is 9.78 Å². The Bertz CT molecular complexity index is 1510. The van der Waals surface area contributed by atoms with Gasteiger partial charge < -0.3 is 20.4 Å². The summed E-state index contributed by atoms with van der Waals surface area (Å²) in [6.07, 6.45) is 4.69. The van der Waals surface area contributed by atoms with Gasteiger partial charge in [-0.2, -0.15) is 5.26 Å². The van der Waals surface area contributed by atoms with Crippen LogP contribution in [0.3, 0.4) is 0 Å². The minimum Gasteiger partial charge on any atom is -0.383 e. The van der Waals surface area contributed by atoms with Crippen molar-refractivity contribution in [3.8, 4) is 6.07 Å². The van der Waals surface area contributed by atoms with E-state index >= 15 is 0 Å². The summed E-state index contributed by atoms with van der Waals surface area (Å²) in [5, 5.41) is 21.4. The first kappa shape index (κ1) is 31.2. The first-order valence-electron chi connectivity index (χ1n) is 14.8. The summed E-state index contributed by atoms with van der Waals surface area (Å²) < 4.78 is 0. The summed E-state index contributed by atoms with van der Waals surface area (Å²) in [4.78, 5) is 31.2. The number of amidine groups is 1. The highest BCUT2D eigenvalue weighted by Gasteiger charge is 2.25. The molecule has 0 saturated carbocycles. The molecule has 228 valence electrons. The molecule has 0 fully saturated rings. The number of aliphatic imine (C=N–C) groups is 1. The average Bonchev–Trinajstić information content (AvgIpc) is 3.57. The molecule has 0 radical (unpaired) electrons. The number of carbonyl (C=O) groups excluding carboxylic acids is 1. The zero-order valence-corrected chi connectivity index (χ0v) is 27.1. The summed E-state index contributed by atoms with van der Waals surface area (Å²) >= 11 is 3.35. The van der Waals surface area contributed by atoms with Crippen LogP contribution in [0.25, 0.3) is 10.2 Å². The number of nitrogens with one attached hydrogen (secondary N) is 3. The third kappa shape index (κ3) is 8.04. The van der Waals surface area contributed by atoms with Crippen molar-refractivity contribution in [3.63, 3.8) is 0 Å². The number of nitriles is 1. The molecule has 43 heavy (non-hydrogen) atoms. The van der Waals surface area contributed by atoms with E-state index in [0.717, 1.165) is 79.1 Å². The van der Waals surface area contributed by atoms with Gasteiger partial charge >= 0.3 is 6.03 Å². The number of carbonyl (C=O) groups is 1. The summed E-state index contributed by atoms with van der Waals surface area (Å²) in [6, 6.07) is 9.89. The minimum atomic E-state index is -0.285. The maximum Gasteiger partial charge on any atom is 0.325 e. The van der Waals surface area contributed by atoms with E-state index in [9.17, 15) is 10.1 Å². The zero-order valence-electron chi connectivity index (χ0n) is 25.4. The molecule has 3 N–H and O–H groups in total. The van der Waals surface area contributed by atoms with Gasteiger partial charge in [-0.3, -0.25) is 15.2 Å². The number of thioether (sulfide) groups is 1. The van der Waals surface area contributed by atoms with Crippen molar-refractivity contribution in [3.05, 3.63) is 52.0 Å². The zero-order chi connectivity index (χ0) is 30.3. The molecule has 12 heteroatoms. The van der Waals surface area contributed by atoms with Crippen LogP contribution in [-0.2, 0) is 19.5 Å². The molecular weight excluding hydrogens is 579 g/mol. The van der Waals surface area contributed by atoms with E-state index < -0.39 is 0 Å². The van der Waals surface area contributed by atoms with Crippen LogP contribution in [0.15, 0.2) is 35.5 Å². The largest absolute Gasteiger partial charge is 0.383 e. The number of nitrogens with zero attached hydrogens (tertiary/aromatic N) is 6. The standard InChI is InChI=1S/C31H41N9OS2/c1-38(2)13-7-14-40-15-11-24-26(20-40)43-29-27(24)28(22(16-32)17-34-29)33-12-10-23-18-35-31(42-23)37-30(41)36-25-9-6-5-8-21(25)19-39(3)4/h5-6,8-9,17,23H,7,10-15,18-20H2,1-4H3,(H,33,34)(H2,35,36,37,41). The van der Waals surface area contributed by atoms with E-state index in [1.165, 1.54) is 10.4 Å². The molecule has 1 aromatic carbocycles. The molecule has 10 nitrogen and oxygen atoms in total. The van der Waals surface area contributed by atoms with Crippen LogP contribution in [0.4, 0.5) is 16.2 Å². The molecule has 3 aromatic rings. The van der Waals surface area contributed by atoms with Crippen molar-refractivity contribution in [2.24, 2.45) is 4.99 Å². The average molecular weight is 620 g/mol. The predicted molar refractivity (Wildman–Crippen MR) is 179 cm³/mol. The van der Waals surface area contributed by atoms with Gasteiger partial charge in [0.05, 0.1) is 17.8 Å². The molecule has 0 spiro atoms. The normalized spacial score (nSPS) is 16.8. The van der Waals surface area contributed by atoms with Crippen LogP contribution in [0.5, 0.6) is 0 Å². The Morgan fingerprint density at radius 2 is 2.02 bits per heavy atom. The Labute approximate surface area is 262 Å². The molecule has 2 aromatic heterocycles. The smallest absolute Gasteiger partial charge is 0.325 e. The second kappa shape index (κ2) is 14.5. The molecule has 2 aliphatic heterocycles. The number of para-hydroxylation sites is 1. The number of hydrogen-bond donors (Lipinski definition) is 3. The van der Waals surface area contributed by atoms with Crippen molar-refractivity contribution in [2.45, 2.75) is 37.6 Å². The van der Waals surface area contributed by atoms with Gasteiger partial charge in [0.15, 0.2) is 5.17 Å². The summed E-state index contributed by atoms with van der Waals surface area (Å²) in [5.74, 6) is 0. The maximum atomic E-state index is 12.7. The van der Waals surface area contributed by atoms with Crippen molar-refractivity contribution in [1.29, 1.82) is 5.26 Å². The molecule has 1 unspecified atom stereocenters. The van der Waals surface area contributed by atoms with E-state index in [4.69, 9.17) is 0 Å². The maximum absolute atomic E-state index is 12.7. The quantitative estimate of drug-likeness (QED) is 0.285. The minimum absolute atomic E-state index is 0.249. The Balaban J connectivity index is 1.15. The molecule has 0 saturated heterocycles. The van der Waals surface area contributed by atoms with E-state index in [0.29, 0.717) is 23.8 Å². The number of rotatable bonds is 11. The fraction of sp³-hybridized carbons (Fsp3) is 0.484. The van der Waals surface area contributed by atoms with E-state index in [2.05, 4.69) is 60.8 Å². The molecule has 0 aliphatic carbocycles. The topological polar surface area (TPSA) is 112 Å². The van der Waals surface area contributed by atoms with Gasteiger partial charge in [-0.1, -0.05) is 30.0 Å². The Kier molecular flexibility index (Phi) is 10.5. The van der Waals surface area contributed by atoms with E-state index in [1.807, 2.05) is 38.4 Å². The van der Waals surface area contributed by atoms with Crippen LogP contribution in [-0.4, -0.2) is 97.0 Å². The van der Waals surface area contributed by atoms with Crippen LogP contribution < -0.4 is 16.0 Å². The predicted octanol–water partition coefficient (Wildman–Crippen LogP) is 4.63. The second-order valence-corrected chi connectivity index (χ2v) is 14.0. The van der Waals surface area contributed by atoms with Crippen molar-refractivity contribution in [1.82, 2.24) is 25.0 Å². The number of anilines is 2. The van der Waals surface area contributed by atoms with E-state index in [-0.39, 0.29) is 11.3 Å². The fourth-order valence-electron chi connectivity index (χ4n) is 5.55. The number of amides is 2. The number of thiophene rings is 1. The van der Waals surface area contributed by atoms with Gasteiger partial charge in [0.2, 0.25) is 0 Å². The molecule has 1 atom stereocenters. The molecule has 4 heterocycles. The Morgan fingerprint density at radius 1 is 1.19 bits per heavy atom. The molecular formula is C31H41N9OS2. The highest BCUT2D eigenvalue weighted by Crippen LogP contribution is 2.39. The first-order chi connectivity index (χ1) is 20.8. The van der Waals surface area contributed by atoms with Crippen molar-refractivity contribution >= 4 is 55.9 Å². The van der Waals surface area contributed by atoms with Gasteiger partial charge in [0.1, 0.15) is 10.9 Å². The Morgan fingerprint density at radius 3 is 2.81 bits per heavy atom. The lowest BCUT2D eigenvalue weighted by atomic mass is 10.0. The highest BCUT2D eigenvalue weighted by atomic mass is 32.2. The molecule has 0 bridgehead atoms. The number of benzene rings is 1. The fourth-order valence-corrected chi connectivity index (χ4v) is 7.79. The van der Waals surface area contributed by atoms with Crippen LogP contribution in [0.1, 0.15) is 34.4 Å². The molecule has 2 aliphatic rings. The number of hydrogen-bond acceptors (Lipinski definition) is 10. The first-order valence-corrected chi connectivity index (χ1v) is 16.5. The summed E-state index contributed by atoms with van der Waals surface area (Å²) in [5.41, 5.74) is 4.69. The summed E-state index contributed by atoms with van der Waals surface area (Å²) in [7, 11) is 8.25. The third-order valence-electron chi connectivity index (χ3n) is 7.61. The molecule has 2 amide bonds. The lowest BCUT2D eigenvalue weighted by Crippen LogP contribution is -2.32. The SMILES string of the molecule is CN(C)CCCN1CCc2c(sc3ncc(C#N)c(NCCC4CN=C(NC(=O)Nc5ccccc5CN(C)C)S4)c23)C1. The van der Waals surface area contributed by atoms with Crippen LogP contribution in [0, 0.1) is 11.3 Å². The van der Waals surface area contributed by atoms with Gasteiger partial charge in [-0.15, -0.1) is 11.3 Å². The van der Waals surface area contributed by atoms with Crippen LogP contribution >= 0.6 is 23.1 Å². The highest BCUT2D eigenvalue weighted by molar-refractivity contribution is 8.14. The third-order valence-corrected chi connectivity index (χ3v) is 9.90. The lowest BCUT2D eigenvalue weighted by Gasteiger charge is -2.27. The Hall–Kier alpha value is -3.21. The number of pyridine rings is 1.